The molecule has 1 amide bonds. The molecule has 7 nitrogen and oxygen atoms in total. The standard InChI is InChI=1S/C20H26N2O5S/c1-16-8-9-18(27-2)19(14-16)28(25,26)22(15-20(24)21-11-13-23)12-10-17-6-4-3-5-7-17/h3-9,14,23H,10-13,15H2,1-2H3,(H,21,24). The average molecular weight is 407 g/mol. The second kappa shape index (κ2) is 10.2. The summed E-state index contributed by atoms with van der Waals surface area (Å²) in [7, 11) is -2.56. The predicted molar refractivity (Wildman–Crippen MR) is 107 cm³/mol. The van der Waals surface area contributed by atoms with Gasteiger partial charge in [-0.25, -0.2) is 8.42 Å². The van der Waals surface area contributed by atoms with Gasteiger partial charge >= 0.3 is 0 Å². The van der Waals surface area contributed by atoms with Crippen LogP contribution in [0.4, 0.5) is 0 Å². The third-order valence-corrected chi connectivity index (χ3v) is 6.05. The number of nitrogens with one attached hydrogen (secondary N) is 1. The van der Waals surface area contributed by atoms with E-state index in [1.54, 1.807) is 19.1 Å². The molecule has 0 saturated carbocycles. The lowest BCUT2D eigenvalue weighted by Crippen LogP contribution is -2.42. The number of aliphatic hydroxyl groups excluding tert-OH is 1. The number of methoxy groups -OCH3 is 1. The molecule has 2 aromatic carbocycles. The molecule has 8 heteroatoms. The van der Waals surface area contributed by atoms with Crippen LogP contribution in [-0.2, 0) is 21.2 Å². The lowest BCUT2D eigenvalue weighted by Gasteiger charge is -2.23. The highest BCUT2D eigenvalue weighted by molar-refractivity contribution is 7.89. The SMILES string of the molecule is COc1ccc(C)cc1S(=O)(=O)N(CCc1ccccc1)CC(=O)NCCO. The summed E-state index contributed by atoms with van der Waals surface area (Å²) in [4.78, 5) is 12.2. The molecule has 0 unspecified atom stereocenters. The minimum atomic E-state index is -3.97. The Labute approximate surface area is 166 Å². The van der Waals surface area contributed by atoms with Crippen molar-refractivity contribution in [2.45, 2.75) is 18.2 Å². The van der Waals surface area contributed by atoms with Crippen molar-refractivity contribution in [3.05, 3.63) is 59.7 Å². The van der Waals surface area contributed by atoms with Crippen LogP contribution in [0.2, 0.25) is 0 Å². The summed E-state index contributed by atoms with van der Waals surface area (Å²) in [5, 5.41) is 11.4. The molecule has 2 aromatic rings. The fraction of sp³-hybridized carbons (Fsp3) is 0.350. The van der Waals surface area contributed by atoms with Gasteiger partial charge in [-0.15, -0.1) is 0 Å². The molecule has 0 radical (unpaired) electrons. The molecular weight excluding hydrogens is 380 g/mol. The smallest absolute Gasteiger partial charge is 0.247 e. The quantitative estimate of drug-likeness (QED) is 0.621. The Balaban J connectivity index is 2.32. The third kappa shape index (κ3) is 5.79. The topological polar surface area (TPSA) is 95.9 Å². The molecule has 0 atom stereocenters. The van der Waals surface area contributed by atoms with Crippen molar-refractivity contribution in [2.24, 2.45) is 0 Å². The van der Waals surface area contributed by atoms with E-state index in [2.05, 4.69) is 5.32 Å². The zero-order valence-corrected chi connectivity index (χ0v) is 16.9. The Bertz CT molecular complexity index is 885. The summed E-state index contributed by atoms with van der Waals surface area (Å²) in [5.41, 5.74) is 1.74. The van der Waals surface area contributed by atoms with Gasteiger partial charge < -0.3 is 15.2 Å². The zero-order valence-electron chi connectivity index (χ0n) is 16.1. The van der Waals surface area contributed by atoms with Gasteiger partial charge in [0.05, 0.1) is 20.3 Å². The summed E-state index contributed by atoms with van der Waals surface area (Å²) in [6.45, 7) is 1.44. The van der Waals surface area contributed by atoms with Crippen LogP contribution in [-0.4, -0.2) is 57.1 Å². The van der Waals surface area contributed by atoms with Gasteiger partial charge in [-0.05, 0) is 36.6 Å². The Morgan fingerprint density at radius 2 is 1.89 bits per heavy atom. The Morgan fingerprint density at radius 3 is 2.54 bits per heavy atom. The van der Waals surface area contributed by atoms with E-state index < -0.39 is 15.9 Å². The highest BCUT2D eigenvalue weighted by Crippen LogP contribution is 2.28. The molecule has 0 aliphatic carbocycles. The van der Waals surface area contributed by atoms with Gasteiger partial charge in [0, 0.05) is 13.1 Å². The normalized spacial score (nSPS) is 11.4. The molecule has 0 spiro atoms. The minimum absolute atomic E-state index is 0.0259. The predicted octanol–water partition coefficient (Wildman–Crippen LogP) is 1.35. The first-order chi connectivity index (χ1) is 13.4. The van der Waals surface area contributed by atoms with Gasteiger partial charge in [-0.3, -0.25) is 4.79 Å². The van der Waals surface area contributed by atoms with Crippen molar-refractivity contribution >= 4 is 15.9 Å². The van der Waals surface area contributed by atoms with Crippen LogP contribution in [0.25, 0.3) is 0 Å². The van der Waals surface area contributed by atoms with Gasteiger partial charge in [0.25, 0.3) is 0 Å². The second-order valence-corrected chi connectivity index (χ2v) is 8.21. The molecule has 2 rings (SSSR count). The average Bonchev–Trinajstić information content (AvgIpc) is 2.70. The van der Waals surface area contributed by atoms with E-state index in [0.29, 0.717) is 6.42 Å². The summed E-state index contributed by atoms with van der Waals surface area (Å²) in [5.74, 6) is -0.247. The lowest BCUT2D eigenvalue weighted by molar-refractivity contribution is -0.121. The van der Waals surface area contributed by atoms with Crippen LogP contribution >= 0.6 is 0 Å². The largest absolute Gasteiger partial charge is 0.495 e. The number of aliphatic hydroxyl groups is 1. The maximum absolute atomic E-state index is 13.3. The van der Waals surface area contributed by atoms with Crippen molar-refractivity contribution in [3.8, 4) is 5.75 Å². The summed E-state index contributed by atoms with van der Waals surface area (Å²) in [6.07, 6.45) is 0.460. The van der Waals surface area contributed by atoms with E-state index in [-0.39, 0.29) is 36.9 Å². The molecule has 0 aliphatic heterocycles. The summed E-state index contributed by atoms with van der Waals surface area (Å²) in [6, 6.07) is 14.4. The molecular formula is C20H26N2O5S. The molecule has 0 bridgehead atoms. The number of carbonyl (C=O) groups excluding carboxylic acids is 1. The van der Waals surface area contributed by atoms with Crippen molar-refractivity contribution in [1.29, 1.82) is 0 Å². The number of ether oxygens (including phenoxy) is 1. The van der Waals surface area contributed by atoms with E-state index in [0.717, 1.165) is 15.4 Å². The fourth-order valence-electron chi connectivity index (χ4n) is 2.72. The van der Waals surface area contributed by atoms with Crippen LogP contribution in [0.15, 0.2) is 53.4 Å². The highest BCUT2D eigenvalue weighted by Gasteiger charge is 2.29. The molecule has 28 heavy (non-hydrogen) atoms. The van der Waals surface area contributed by atoms with E-state index in [1.165, 1.54) is 13.2 Å². The van der Waals surface area contributed by atoms with Crippen LogP contribution in [0.3, 0.4) is 0 Å². The van der Waals surface area contributed by atoms with Crippen molar-refractivity contribution in [3.63, 3.8) is 0 Å². The van der Waals surface area contributed by atoms with Crippen LogP contribution in [0.1, 0.15) is 11.1 Å². The number of hydrogen-bond donors (Lipinski definition) is 2. The fourth-order valence-corrected chi connectivity index (χ4v) is 4.36. The van der Waals surface area contributed by atoms with E-state index in [4.69, 9.17) is 9.84 Å². The highest BCUT2D eigenvalue weighted by atomic mass is 32.2. The number of hydrogen-bond acceptors (Lipinski definition) is 5. The third-order valence-electron chi connectivity index (χ3n) is 4.18. The van der Waals surface area contributed by atoms with Crippen molar-refractivity contribution in [2.75, 3.05) is 33.4 Å². The van der Waals surface area contributed by atoms with Gasteiger partial charge in [0.1, 0.15) is 10.6 Å². The zero-order chi connectivity index (χ0) is 20.6. The number of benzene rings is 2. The van der Waals surface area contributed by atoms with E-state index in [9.17, 15) is 13.2 Å². The first-order valence-corrected chi connectivity index (χ1v) is 10.4. The van der Waals surface area contributed by atoms with E-state index >= 15 is 0 Å². The number of aryl methyl sites for hydroxylation is 1. The maximum atomic E-state index is 13.3. The Morgan fingerprint density at radius 1 is 1.18 bits per heavy atom. The van der Waals surface area contributed by atoms with Gasteiger partial charge in [0.2, 0.25) is 15.9 Å². The second-order valence-electron chi connectivity index (χ2n) is 6.30. The van der Waals surface area contributed by atoms with Gasteiger partial charge in [-0.1, -0.05) is 36.4 Å². The Hall–Kier alpha value is -2.42. The number of rotatable bonds is 10. The first-order valence-electron chi connectivity index (χ1n) is 8.94. The molecule has 0 aliphatic rings. The molecule has 0 fully saturated rings. The molecule has 0 saturated heterocycles. The molecule has 0 aromatic heterocycles. The number of carbonyl (C=O) groups is 1. The molecule has 0 heterocycles. The van der Waals surface area contributed by atoms with Crippen LogP contribution in [0.5, 0.6) is 5.75 Å². The minimum Gasteiger partial charge on any atom is -0.495 e. The van der Waals surface area contributed by atoms with Crippen molar-refractivity contribution < 1.29 is 23.1 Å². The maximum Gasteiger partial charge on any atom is 0.247 e. The molecule has 152 valence electrons. The number of amides is 1. The summed E-state index contributed by atoms with van der Waals surface area (Å²) < 4.78 is 33.0. The number of nitrogens with zero attached hydrogens (tertiary/aromatic N) is 1. The van der Waals surface area contributed by atoms with Crippen molar-refractivity contribution in [1.82, 2.24) is 9.62 Å². The first kappa shape index (κ1) is 21.9. The van der Waals surface area contributed by atoms with E-state index in [1.807, 2.05) is 30.3 Å². The number of sulfonamides is 1. The van der Waals surface area contributed by atoms with Gasteiger partial charge in [0.15, 0.2) is 0 Å². The molecule has 2 N–H and O–H groups in total. The van der Waals surface area contributed by atoms with Crippen LogP contribution in [0, 0.1) is 6.92 Å². The monoisotopic (exact) mass is 406 g/mol. The summed E-state index contributed by atoms with van der Waals surface area (Å²) >= 11 is 0. The van der Waals surface area contributed by atoms with Gasteiger partial charge in [-0.2, -0.15) is 4.31 Å². The lowest BCUT2D eigenvalue weighted by atomic mass is 10.1. The Kier molecular flexibility index (Phi) is 7.98. The van der Waals surface area contributed by atoms with Crippen LogP contribution < -0.4 is 10.1 Å².